The lowest BCUT2D eigenvalue weighted by Crippen LogP contribution is -2.35. The van der Waals surface area contributed by atoms with Gasteiger partial charge < -0.3 is 18.3 Å². The van der Waals surface area contributed by atoms with Gasteiger partial charge in [-0.1, -0.05) is 6.07 Å². The average Bonchev–Trinajstić information content (AvgIpc) is 2.31. The van der Waals surface area contributed by atoms with E-state index in [2.05, 4.69) is 0 Å². The number of hydrogen-bond acceptors (Lipinski definition) is 4. The van der Waals surface area contributed by atoms with Crippen molar-refractivity contribution in [1.82, 2.24) is 0 Å². The molecule has 1 radical (unpaired) electrons. The van der Waals surface area contributed by atoms with E-state index in [0.29, 0.717) is 6.61 Å². The Labute approximate surface area is 96.9 Å². The lowest BCUT2D eigenvalue weighted by Gasteiger charge is -2.24. The molecular formula is C11H15O4Si. The highest BCUT2D eigenvalue weighted by Gasteiger charge is 2.21. The molecule has 1 unspecified atom stereocenters. The molecule has 1 aliphatic heterocycles. The summed E-state index contributed by atoms with van der Waals surface area (Å²) in [4.78, 5) is 0. The van der Waals surface area contributed by atoms with Crippen LogP contribution in [-0.4, -0.2) is 29.8 Å². The SMILES string of the molecule is CO[Si](OC)c1ccc2c(c1)COC(C)O2. The third-order valence-electron chi connectivity index (χ3n) is 2.43. The van der Waals surface area contributed by atoms with E-state index in [9.17, 15) is 0 Å². The van der Waals surface area contributed by atoms with Gasteiger partial charge in [0.15, 0.2) is 6.29 Å². The second-order valence-corrected chi connectivity index (χ2v) is 5.48. The van der Waals surface area contributed by atoms with Crippen molar-refractivity contribution in [1.29, 1.82) is 0 Å². The van der Waals surface area contributed by atoms with E-state index in [1.54, 1.807) is 14.2 Å². The second-order valence-electron chi connectivity index (χ2n) is 3.51. The zero-order valence-corrected chi connectivity index (χ0v) is 10.6. The van der Waals surface area contributed by atoms with Crippen LogP contribution in [0.3, 0.4) is 0 Å². The number of fused-ring (bicyclic) bond motifs is 1. The van der Waals surface area contributed by atoms with Gasteiger partial charge in [-0.15, -0.1) is 0 Å². The van der Waals surface area contributed by atoms with Crippen LogP contribution in [0.5, 0.6) is 5.75 Å². The number of hydrogen-bond donors (Lipinski definition) is 0. The summed E-state index contributed by atoms with van der Waals surface area (Å²) in [5.41, 5.74) is 1.05. The Balaban J connectivity index is 2.25. The van der Waals surface area contributed by atoms with Crippen molar-refractivity contribution in [2.45, 2.75) is 19.8 Å². The average molecular weight is 239 g/mol. The van der Waals surface area contributed by atoms with Crippen LogP contribution in [0, 0.1) is 0 Å². The van der Waals surface area contributed by atoms with Gasteiger partial charge in [0.05, 0.1) is 6.61 Å². The summed E-state index contributed by atoms with van der Waals surface area (Å²) >= 11 is 0. The molecule has 0 bridgehead atoms. The molecule has 0 spiro atoms. The van der Waals surface area contributed by atoms with E-state index in [1.165, 1.54) is 0 Å². The molecule has 1 aromatic carbocycles. The van der Waals surface area contributed by atoms with Gasteiger partial charge >= 0.3 is 9.28 Å². The van der Waals surface area contributed by atoms with Crippen molar-refractivity contribution in [3.05, 3.63) is 23.8 Å². The Hall–Kier alpha value is -0.883. The monoisotopic (exact) mass is 239 g/mol. The molecule has 0 aromatic heterocycles. The molecule has 4 nitrogen and oxygen atoms in total. The molecule has 1 heterocycles. The van der Waals surface area contributed by atoms with E-state index in [0.717, 1.165) is 16.5 Å². The van der Waals surface area contributed by atoms with Crippen LogP contribution >= 0.6 is 0 Å². The van der Waals surface area contributed by atoms with Gasteiger partial charge in [0.1, 0.15) is 5.75 Å². The van der Waals surface area contributed by atoms with Crippen molar-refractivity contribution >= 4 is 14.5 Å². The van der Waals surface area contributed by atoms with Crippen molar-refractivity contribution in [2.75, 3.05) is 14.2 Å². The third kappa shape index (κ3) is 2.27. The predicted molar refractivity (Wildman–Crippen MR) is 60.7 cm³/mol. The highest BCUT2D eigenvalue weighted by molar-refractivity contribution is 6.61. The number of ether oxygens (including phenoxy) is 2. The smallest absolute Gasteiger partial charge is 0.423 e. The minimum absolute atomic E-state index is 0.173. The first kappa shape index (κ1) is 11.6. The van der Waals surface area contributed by atoms with Gasteiger partial charge in [-0.25, -0.2) is 0 Å². The fourth-order valence-corrected chi connectivity index (χ4v) is 2.82. The lowest BCUT2D eigenvalue weighted by atomic mass is 10.2. The van der Waals surface area contributed by atoms with Gasteiger partial charge in [0, 0.05) is 19.8 Å². The highest BCUT2D eigenvalue weighted by Crippen LogP contribution is 2.24. The molecule has 0 amide bonds. The van der Waals surface area contributed by atoms with Crippen molar-refractivity contribution < 1.29 is 18.3 Å². The van der Waals surface area contributed by atoms with Gasteiger partial charge in [0.2, 0.25) is 0 Å². The van der Waals surface area contributed by atoms with Crippen LogP contribution in [-0.2, 0) is 20.2 Å². The van der Waals surface area contributed by atoms with E-state index >= 15 is 0 Å². The van der Waals surface area contributed by atoms with Gasteiger partial charge in [-0.2, -0.15) is 0 Å². The molecule has 0 aliphatic carbocycles. The molecule has 0 saturated carbocycles. The Morgan fingerprint density at radius 3 is 2.75 bits per heavy atom. The van der Waals surface area contributed by atoms with Crippen LogP contribution in [0.1, 0.15) is 12.5 Å². The summed E-state index contributed by atoms with van der Waals surface area (Å²) in [6, 6.07) is 5.97. The zero-order valence-electron chi connectivity index (χ0n) is 9.65. The summed E-state index contributed by atoms with van der Waals surface area (Å²) < 4.78 is 21.5. The van der Waals surface area contributed by atoms with Crippen LogP contribution in [0.25, 0.3) is 0 Å². The highest BCUT2D eigenvalue weighted by atomic mass is 28.3. The number of benzene rings is 1. The first-order valence-corrected chi connectivity index (χ1v) is 6.42. The normalized spacial score (nSPS) is 19.4. The topological polar surface area (TPSA) is 36.9 Å². The standard InChI is InChI=1S/C11H15O4Si/c1-8-14-7-9-6-10(16(12-2)13-3)4-5-11(9)15-8/h4-6,8H,7H2,1-3H3. The minimum atomic E-state index is -1.36. The molecule has 1 aromatic rings. The summed E-state index contributed by atoms with van der Waals surface area (Å²) in [7, 11) is 1.96. The first-order valence-electron chi connectivity index (χ1n) is 5.11. The molecule has 16 heavy (non-hydrogen) atoms. The van der Waals surface area contributed by atoms with E-state index in [4.69, 9.17) is 18.3 Å². The van der Waals surface area contributed by atoms with Gasteiger partial charge in [-0.05, 0) is 24.2 Å². The zero-order chi connectivity index (χ0) is 11.5. The van der Waals surface area contributed by atoms with E-state index in [1.807, 2.05) is 25.1 Å². The Bertz CT molecular complexity index is 365. The maximum Gasteiger partial charge on any atom is 0.423 e. The maximum atomic E-state index is 5.54. The molecule has 87 valence electrons. The fraction of sp³-hybridized carbons (Fsp3) is 0.455. The quantitative estimate of drug-likeness (QED) is 0.735. The van der Waals surface area contributed by atoms with Crippen molar-refractivity contribution in [3.63, 3.8) is 0 Å². The largest absolute Gasteiger partial charge is 0.465 e. The summed E-state index contributed by atoms with van der Waals surface area (Å²) in [5.74, 6) is 0.885. The van der Waals surface area contributed by atoms with Crippen LogP contribution in [0.4, 0.5) is 0 Å². The Morgan fingerprint density at radius 2 is 2.06 bits per heavy atom. The Kier molecular flexibility index (Phi) is 3.60. The first-order chi connectivity index (χ1) is 7.74. The van der Waals surface area contributed by atoms with Crippen LogP contribution in [0.2, 0.25) is 0 Å². The van der Waals surface area contributed by atoms with Crippen LogP contribution < -0.4 is 9.92 Å². The summed E-state index contributed by atoms with van der Waals surface area (Å²) in [5, 5.41) is 1.07. The van der Waals surface area contributed by atoms with Gasteiger partial charge in [-0.3, -0.25) is 0 Å². The molecule has 2 rings (SSSR count). The molecule has 0 fully saturated rings. The molecule has 0 saturated heterocycles. The lowest BCUT2D eigenvalue weighted by molar-refractivity contribution is -0.0943. The Morgan fingerprint density at radius 1 is 1.31 bits per heavy atom. The minimum Gasteiger partial charge on any atom is -0.465 e. The molecule has 5 heteroatoms. The van der Waals surface area contributed by atoms with Crippen molar-refractivity contribution in [3.8, 4) is 5.75 Å². The summed E-state index contributed by atoms with van der Waals surface area (Å²) in [6.07, 6.45) is -0.173. The van der Waals surface area contributed by atoms with Crippen molar-refractivity contribution in [2.24, 2.45) is 0 Å². The number of rotatable bonds is 3. The molecular weight excluding hydrogens is 224 g/mol. The summed E-state index contributed by atoms with van der Waals surface area (Å²) in [6.45, 7) is 2.46. The molecule has 1 atom stereocenters. The van der Waals surface area contributed by atoms with E-state index in [-0.39, 0.29) is 6.29 Å². The molecule has 1 aliphatic rings. The van der Waals surface area contributed by atoms with Gasteiger partial charge in [0.25, 0.3) is 0 Å². The fourth-order valence-electron chi connectivity index (χ4n) is 1.67. The predicted octanol–water partition coefficient (Wildman–Crippen LogP) is 0.930. The van der Waals surface area contributed by atoms with E-state index < -0.39 is 9.28 Å². The third-order valence-corrected chi connectivity index (χ3v) is 3.96. The maximum absolute atomic E-state index is 5.54. The van der Waals surface area contributed by atoms with Crippen LogP contribution in [0.15, 0.2) is 18.2 Å². The second kappa shape index (κ2) is 4.97. The molecule has 0 N–H and O–H groups in total.